The zero-order valence-electron chi connectivity index (χ0n) is 9.65. The van der Waals surface area contributed by atoms with Gasteiger partial charge in [0.2, 0.25) is 0 Å². The maximum atomic E-state index is 11.6. The van der Waals surface area contributed by atoms with Gasteiger partial charge in [0.15, 0.2) is 0 Å². The second-order valence-electron chi connectivity index (χ2n) is 4.65. The summed E-state index contributed by atoms with van der Waals surface area (Å²) in [5, 5.41) is 1.85. The Bertz CT molecular complexity index is 647. The molecule has 1 aromatic carbocycles. The highest BCUT2D eigenvalue weighted by atomic mass is 35.5. The summed E-state index contributed by atoms with van der Waals surface area (Å²) in [4.78, 5) is 14.2. The molecule has 0 bridgehead atoms. The Labute approximate surface area is 109 Å². The van der Waals surface area contributed by atoms with E-state index in [2.05, 4.69) is 4.98 Å². The molecule has 0 aliphatic heterocycles. The molecular weight excluding hydrogens is 252 g/mol. The van der Waals surface area contributed by atoms with E-state index in [1.54, 1.807) is 18.3 Å². The largest absolute Gasteiger partial charge is 0.489 e. The minimum atomic E-state index is -0.147. The molecule has 1 aliphatic rings. The zero-order valence-corrected chi connectivity index (χ0v) is 10.4. The zero-order chi connectivity index (χ0) is 12.7. The number of nitrogens with one attached hydrogen (secondary N) is 1. The fourth-order valence-electron chi connectivity index (χ4n) is 2.16. The standard InChI is InChI=1S/C13H13ClN2O2/c14-11-6-10-7(1-2-16-13(10)17)3-12(11)18-9-4-8(15)5-9/h1-3,6,8-9H,4-5,15H2,(H,16,17). The molecular formula is C13H13ClN2O2. The van der Waals surface area contributed by atoms with Crippen LogP contribution in [0.4, 0.5) is 0 Å². The highest BCUT2D eigenvalue weighted by Crippen LogP contribution is 2.32. The highest BCUT2D eigenvalue weighted by molar-refractivity contribution is 6.32. The Morgan fingerprint density at radius 3 is 2.89 bits per heavy atom. The third-order valence-electron chi connectivity index (χ3n) is 3.25. The van der Waals surface area contributed by atoms with E-state index in [0.29, 0.717) is 16.2 Å². The molecule has 3 rings (SSSR count). The number of benzene rings is 1. The Hall–Kier alpha value is -1.52. The number of rotatable bonds is 2. The van der Waals surface area contributed by atoms with Gasteiger partial charge in [-0.05, 0) is 36.4 Å². The molecule has 0 amide bonds. The molecule has 0 saturated heterocycles. The number of aromatic nitrogens is 1. The second kappa shape index (κ2) is 4.30. The molecule has 3 N–H and O–H groups in total. The van der Waals surface area contributed by atoms with Gasteiger partial charge in [-0.3, -0.25) is 4.79 Å². The van der Waals surface area contributed by atoms with Crippen molar-refractivity contribution in [1.29, 1.82) is 0 Å². The molecule has 0 spiro atoms. The molecule has 1 saturated carbocycles. The molecule has 94 valence electrons. The quantitative estimate of drug-likeness (QED) is 0.872. The molecule has 18 heavy (non-hydrogen) atoms. The summed E-state index contributed by atoms with van der Waals surface area (Å²) in [7, 11) is 0. The van der Waals surface area contributed by atoms with Crippen molar-refractivity contribution in [3.63, 3.8) is 0 Å². The fraction of sp³-hybridized carbons (Fsp3) is 0.308. The second-order valence-corrected chi connectivity index (χ2v) is 5.06. The molecule has 1 aliphatic carbocycles. The lowest BCUT2D eigenvalue weighted by Gasteiger charge is -2.32. The molecule has 1 heterocycles. The van der Waals surface area contributed by atoms with Crippen molar-refractivity contribution >= 4 is 22.4 Å². The third-order valence-corrected chi connectivity index (χ3v) is 3.55. The van der Waals surface area contributed by atoms with E-state index >= 15 is 0 Å². The summed E-state index contributed by atoms with van der Waals surface area (Å²) in [6.45, 7) is 0. The van der Waals surface area contributed by atoms with Gasteiger partial charge >= 0.3 is 0 Å². The number of aromatic amines is 1. The summed E-state index contributed by atoms with van der Waals surface area (Å²) in [5.74, 6) is 0.617. The Morgan fingerprint density at radius 2 is 2.17 bits per heavy atom. The maximum Gasteiger partial charge on any atom is 0.255 e. The molecule has 2 aromatic rings. The number of hydrogen-bond acceptors (Lipinski definition) is 3. The number of halogens is 1. The predicted octanol–water partition coefficient (Wildman–Crippen LogP) is 2.05. The van der Waals surface area contributed by atoms with Crippen molar-refractivity contribution in [3.8, 4) is 5.75 Å². The topological polar surface area (TPSA) is 68.1 Å². The molecule has 4 nitrogen and oxygen atoms in total. The number of ether oxygens (including phenoxy) is 1. The van der Waals surface area contributed by atoms with E-state index in [1.807, 2.05) is 6.07 Å². The summed E-state index contributed by atoms with van der Waals surface area (Å²) >= 11 is 6.13. The number of hydrogen-bond donors (Lipinski definition) is 2. The van der Waals surface area contributed by atoms with E-state index < -0.39 is 0 Å². The number of nitrogens with two attached hydrogens (primary N) is 1. The normalized spacial score (nSPS) is 22.8. The lowest BCUT2D eigenvalue weighted by molar-refractivity contribution is 0.101. The molecule has 5 heteroatoms. The highest BCUT2D eigenvalue weighted by Gasteiger charge is 2.28. The first-order chi connectivity index (χ1) is 8.63. The smallest absolute Gasteiger partial charge is 0.255 e. The molecule has 1 fully saturated rings. The van der Waals surface area contributed by atoms with Crippen molar-refractivity contribution in [2.45, 2.75) is 25.0 Å². The van der Waals surface area contributed by atoms with Gasteiger partial charge in [-0.1, -0.05) is 11.6 Å². The number of fused-ring (bicyclic) bond motifs is 1. The van der Waals surface area contributed by atoms with Crippen LogP contribution >= 0.6 is 11.6 Å². The third kappa shape index (κ3) is 1.98. The number of H-pyrrole nitrogens is 1. The van der Waals surface area contributed by atoms with Crippen LogP contribution < -0.4 is 16.0 Å². The Balaban J connectivity index is 1.97. The van der Waals surface area contributed by atoms with E-state index in [-0.39, 0.29) is 17.7 Å². The van der Waals surface area contributed by atoms with E-state index in [0.717, 1.165) is 18.2 Å². The minimum absolute atomic E-state index is 0.136. The first-order valence-corrected chi connectivity index (χ1v) is 6.24. The Kier molecular flexibility index (Phi) is 2.76. The van der Waals surface area contributed by atoms with Gasteiger partial charge in [0.05, 0.1) is 5.02 Å². The van der Waals surface area contributed by atoms with Gasteiger partial charge < -0.3 is 15.5 Å². The first kappa shape index (κ1) is 11.6. The van der Waals surface area contributed by atoms with Crippen LogP contribution in [-0.2, 0) is 0 Å². The maximum absolute atomic E-state index is 11.6. The average Bonchev–Trinajstić information content (AvgIpc) is 2.29. The van der Waals surface area contributed by atoms with Crippen LogP contribution in [0, 0.1) is 0 Å². The van der Waals surface area contributed by atoms with Gasteiger partial charge in [-0.2, -0.15) is 0 Å². The predicted molar refractivity (Wildman–Crippen MR) is 71.2 cm³/mol. The van der Waals surface area contributed by atoms with Crippen molar-refractivity contribution in [2.75, 3.05) is 0 Å². The first-order valence-electron chi connectivity index (χ1n) is 5.86. The summed E-state index contributed by atoms with van der Waals surface area (Å²) in [5.41, 5.74) is 5.57. The van der Waals surface area contributed by atoms with Gasteiger partial charge in [-0.25, -0.2) is 0 Å². The SMILES string of the molecule is NC1CC(Oc2cc3cc[nH]c(=O)c3cc2Cl)C1. The van der Waals surface area contributed by atoms with Crippen molar-refractivity contribution < 1.29 is 4.74 Å². The van der Waals surface area contributed by atoms with Gasteiger partial charge in [-0.15, -0.1) is 0 Å². The van der Waals surface area contributed by atoms with Crippen LogP contribution in [0.25, 0.3) is 10.8 Å². The lowest BCUT2D eigenvalue weighted by Crippen LogP contribution is -2.43. The van der Waals surface area contributed by atoms with Crippen LogP contribution in [0.5, 0.6) is 5.75 Å². The van der Waals surface area contributed by atoms with Gasteiger partial charge in [0.1, 0.15) is 11.9 Å². The number of pyridine rings is 1. The molecule has 0 radical (unpaired) electrons. The summed E-state index contributed by atoms with van der Waals surface area (Å²) in [6.07, 6.45) is 3.45. The molecule has 0 atom stereocenters. The van der Waals surface area contributed by atoms with Crippen molar-refractivity contribution in [1.82, 2.24) is 4.98 Å². The van der Waals surface area contributed by atoms with E-state index in [9.17, 15) is 4.79 Å². The Morgan fingerprint density at radius 1 is 1.39 bits per heavy atom. The summed E-state index contributed by atoms with van der Waals surface area (Å²) in [6, 6.07) is 5.50. The van der Waals surface area contributed by atoms with E-state index in [4.69, 9.17) is 22.1 Å². The van der Waals surface area contributed by atoms with Crippen LogP contribution in [0.15, 0.2) is 29.2 Å². The van der Waals surface area contributed by atoms with Gasteiger partial charge in [0, 0.05) is 17.6 Å². The van der Waals surface area contributed by atoms with Gasteiger partial charge in [0.25, 0.3) is 5.56 Å². The summed E-state index contributed by atoms with van der Waals surface area (Å²) < 4.78 is 5.78. The van der Waals surface area contributed by atoms with Crippen molar-refractivity contribution in [3.05, 3.63) is 39.8 Å². The van der Waals surface area contributed by atoms with Crippen molar-refractivity contribution in [2.24, 2.45) is 5.73 Å². The average molecular weight is 265 g/mol. The van der Waals surface area contributed by atoms with E-state index in [1.165, 1.54) is 0 Å². The molecule has 0 unspecified atom stereocenters. The molecule has 1 aromatic heterocycles. The minimum Gasteiger partial charge on any atom is -0.489 e. The fourth-order valence-corrected chi connectivity index (χ4v) is 2.37. The monoisotopic (exact) mass is 264 g/mol. The van der Waals surface area contributed by atoms with Crippen LogP contribution in [0.1, 0.15) is 12.8 Å². The van der Waals surface area contributed by atoms with Crippen LogP contribution in [0.3, 0.4) is 0 Å². The van der Waals surface area contributed by atoms with Crippen LogP contribution in [-0.4, -0.2) is 17.1 Å². The lowest BCUT2D eigenvalue weighted by atomic mass is 9.90. The van der Waals surface area contributed by atoms with Crippen LogP contribution in [0.2, 0.25) is 5.02 Å².